The standard InChI is InChI=1S/C21H30N6O2/c1-15-9-10-19(24-23-15)22-14-16-6-4-5-13-26(16)20-11-12-21(29)27(25-20)17-7-2-3-8-18(17)28/h9-12,16-18,28H,2-8,13-14H2,1H3,(H,22,24). The van der Waals surface area contributed by atoms with Crippen LogP contribution < -0.4 is 15.8 Å². The van der Waals surface area contributed by atoms with Crippen LogP contribution in [0.2, 0.25) is 0 Å². The summed E-state index contributed by atoms with van der Waals surface area (Å²) in [5.74, 6) is 1.58. The summed E-state index contributed by atoms with van der Waals surface area (Å²) in [6.45, 7) is 3.57. The molecule has 1 aliphatic heterocycles. The molecule has 3 atom stereocenters. The molecular weight excluding hydrogens is 368 g/mol. The second kappa shape index (κ2) is 8.90. The fourth-order valence-electron chi connectivity index (χ4n) is 4.41. The lowest BCUT2D eigenvalue weighted by Crippen LogP contribution is -2.45. The summed E-state index contributed by atoms with van der Waals surface area (Å²) in [4.78, 5) is 14.7. The van der Waals surface area contributed by atoms with E-state index in [1.54, 1.807) is 6.07 Å². The molecule has 2 fully saturated rings. The number of aromatic nitrogens is 4. The van der Waals surface area contributed by atoms with Crippen LogP contribution in [0.1, 0.15) is 56.7 Å². The quantitative estimate of drug-likeness (QED) is 0.798. The average molecular weight is 399 g/mol. The molecule has 2 aromatic rings. The van der Waals surface area contributed by atoms with Crippen LogP contribution in [0.5, 0.6) is 0 Å². The van der Waals surface area contributed by atoms with Crippen LogP contribution in [-0.4, -0.2) is 50.3 Å². The second-order valence-corrected chi connectivity index (χ2v) is 8.18. The van der Waals surface area contributed by atoms with Gasteiger partial charge in [-0.15, -0.1) is 5.10 Å². The highest BCUT2D eigenvalue weighted by Crippen LogP contribution is 2.28. The predicted octanol–water partition coefficient (Wildman–Crippen LogP) is 2.29. The molecule has 8 nitrogen and oxygen atoms in total. The smallest absolute Gasteiger partial charge is 0.267 e. The molecule has 29 heavy (non-hydrogen) atoms. The fourth-order valence-corrected chi connectivity index (χ4v) is 4.41. The van der Waals surface area contributed by atoms with Crippen molar-refractivity contribution in [3.8, 4) is 0 Å². The molecule has 4 rings (SSSR count). The topological polar surface area (TPSA) is 96.2 Å². The number of nitrogens with zero attached hydrogens (tertiary/aromatic N) is 5. The minimum atomic E-state index is -0.497. The van der Waals surface area contributed by atoms with E-state index in [0.29, 0.717) is 0 Å². The van der Waals surface area contributed by atoms with E-state index in [-0.39, 0.29) is 17.6 Å². The number of nitrogens with one attached hydrogen (secondary N) is 1. The zero-order valence-corrected chi connectivity index (χ0v) is 17.0. The lowest BCUT2D eigenvalue weighted by Gasteiger charge is -2.37. The SMILES string of the molecule is Cc1ccc(NCC2CCCCN2c2ccc(=O)n(C3CCCCC3O)n2)nn1. The molecule has 1 saturated carbocycles. The Bertz CT molecular complexity index is 868. The van der Waals surface area contributed by atoms with E-state index in [4.69, 9.17) is 5.10 Å². The molecule has 3 heterocycles. The van der Waals surface area contributed by atoms with Crippen LogP contribution in [0.15, 0.2) is 29.1 Å². The number of hydrogen-bond donors (Lipinski definition) is 2. The van der Waals surface area contributed by atoms with E-state index in [2.05, 4.69) is 20.4 Å². The Hall–Kier alpha value is -2.48. The first kappa shape index (κ1) is 19.8. The van der Waals surface area contributed by atoms with Crippen LogP contribution in [0.4, 0.5) is 11.6 Å². The number of hydrogen-bond acceptors (Lipinski definition) is 7. The maximum Gasteiger partial charge on any atom is 0.267 e. The molecule has 0 radical (unpaired) electrons. The van der Waals surface area contributed by atoms with Crippen LogP contribution >= 0.6 is 0 Å². The molecule has 156 valence electrons. The van der Waals surface area contributed by atoms with Gasteiger partial charge in [0, 0.05) is 25.2 Å². The van der Waals surface area contributed by atoms with Gasteiger partial charge in [0.2, 0.25) is 0 Å². The summed E-state index contributed by atoms with van der Waals surface area (Å²) in [6, 6.07) is 7.34. The minimum Gasteiger partial charge on any atom is -0.391 e. The lowest BCUT2D eigenvalue weighted by atomic mass is 9.93. The summed E-state index contributed by atoms with van der Waals surface area (Å²) in [5.41, 5.74) is 0.757. The predicted molar refractivity (Wildman–Crippen MR) is 112 cm³/mol. The highest BCUT2D eigenvalue weighted by Gasteiger charge is 2.28. The lowest BCUT2D eigenvalue weighted by molar-refractivity contribution is 0.0669. The number of anilines is 2. The first-order valence-electron chi connectivity index (χ1n) is 10.7. The number of rotatable bonds is 5. The van der Waals surface area contributed by atoms with Gasteiger partial charge in [0.15, 0.2) is 0 Å². The zero-order chi connectivity index (χ0) is 20.2. The average Bonchev–Trinajstić information content (AvgIpc) is 2.75. The van der Waals surface area contributed by atoms with Crippen molar-refractivity contribution < 1.29 is 5.11 Å². The Labute approximate surface area is 171 Å². The Morgan fingerprint density at radius 1 is 1.07 bits per heavy atom. The number of aliphatic hydroxyl groups is 1. The molecular formula is C21H30N6O2. The normalized spacial score (nSPS) is 25.0. The summed E-state index contributed by atoms with van der Waals surface area (Å²) in [7, 11) is 0. The van der Waals surface area contributed by atoms with Crippen LogP contribution in [0.3, 0.4) is 0 Å². The van der Waals surface area contributed by atoms with Crippen molar-refractivity contribution in [1.29, 1.82) is 0 Å². The Balaban J connectivity index is 1.52. The maximum absolute atomic E-state index is 12.5. The van der Waals surface area contributed by atoms with Gasteiger partial charge in [0.05, 0.1) is 17.8 Å². The first-order chi connectivity index (χ1) is 14.1. The fraction of sp³-hybridized carbons (Fsp3) is 0.619. The minimum absolute atomic E-state index is 0.138. The summed E-state index contributed by atoms with van der Waals surface area (Å²) >= 11 is 0. The molecule has 2 aromatic heterocycles. The van der Waals surface area contributed by atoms with Crippen molar-refractivity contribution >= 4 is 11.6 Å². The van der Waals surface area contributed by atoms with Gasteiger partial charge in [-0.3, -0.25) is 4.79 Å². The van der Waals surface area contributed by atoms with Gasteiger partial charge < -0.3 is 15.3 Å². The molecule has 2 aliphatic rings. The van der Waals surface area contributed by atoms with E-state index < -0.39 is 6.10 Å². The molecule has 1 aliphatic carbocycles. The third kappa shape index (κ3) is 4.58. The molecule has 0 aromatic carbocycles. The third-order valence-electron chi connectivity index (χ3n) is 6.06. The Morgan fingerprint density at radius 2 is 1.90 bits per heavy atom. The van der Waals surface area contributed by atoms with Crippen molar-refractivity contribution in [2.45, 2.75) is 70.1 Å². The molecule has 1 saturated heterocycles. The van der Waals surface area contributed by atoms with Gasteiger partial charge in [-0.25, -0.2) is 4.68 Å². The van der Waals surface area contributed by atoms with Crippen molar-refractivity contribution in [3.63, 3.8) is 0 Å². The second-order valence-electron chi connectivity index (χ2n) is 8.18. The highest BCUT2D eigenvalue weighted by atomic mass is 16.3. The van der Waals surface area contributed by atoms with Gasteiger partial charge >= 0.3 is 0 Å². The highest BCUT2D eigenvalue weighted by molar-refractivity contribution is 5.41. The molecule has 8 heteroatoms. The van der Waals surface area contributed by atoms with Crippen molar-refractivity contribution in [2.75, 3.05) is 23.3 Å². The maximum atomic E-state index is 12.5. The summed E-state index contributed by atoms with van der Waals surface area (Å²) in [6.07, 6.45) is 6.40. The summed E-state index contributed by atoms with van der Waals surface area (Å²) < 4.78 is 1.52. The molecule has 3 unspecified atom stereocenters. The number of aryl methyl sites for hydroxylation is 1. The van der Waals surface area contributed by atoms with Crippen LogP contribution in [0, 0.1) is 6.92 Å². The van der Waals surface area contributed by atoms with Crippen molar-refractivity contribution in [1.82, 2.24) is 20.0 Å². The van der Waals surface area contributed by atoms with E-state index in [0.717, 1.165) is 68.9 Å². The van der Waals surface area contributed by atoms with Gasteiger partial charge in [0.1, 0.15) is 11.6 Å². The van der Waals surface area contributed by atoms with E-state index in [1.807, 2.05) is 25.1 Å². The number of aliphatic hydroxyl groups excluding tert-OH is 1. The summed E-state index contributed by atoms with van der Waals surface area (Å²) in [5, 5.41) is 26.8. The first-order valence-corrected chi connectivity index (χ1v) is 10.7. The molecule has 0 spiro atoms. The van der Waals surface area contributed by atoms with Gasteiger partial charge in [0.25, 0.3) is 5.56 Å². The number of piperidine rings is 1. The van der Waals surface area contributed by atoms with Crippen molar-refractivity contribution in [3.05, 3.63) is 40.3 Å². The van der Waals surface area contributed by atoms with Crippen LogP contribution in [-0.2, 0) is 0 Å². The van der Waals surface area contributed by atoms with Crippen molar-refractivity contribution in [2.24, 2.45) is 0 Å². The van der Waals surface area contributed by atoms with Gasteiger partial charge in [-0.05, 0) is 57.2 Å². The zero-order valence-electron chi connectivity index (χ0n) is 17.0. The molecule has 0 amide bonds. The molecule has 2 N–H and O–H groups in total. The van der Waals surface area contributed by atoms with Gasteiger partial charge in [-0.1, -0.05) is 12.8 Å². The largest absolute Gasteiger partial charge is 0.391 e. The van der Waals surface area contributed by atoms with E-state index in [1.165, 1.54) is 11.1 Å². The Kier molecular flexibility index (Phi) is 6.08. The van der Waals surface area contributed by atoms with E-state index >= 15 is 0 Å². The monoisotopic (exact) mass is 398 g/mol. The van der Waals surface area contributed by atoms with Crippen LogP contribution in [0.25, 0.3) is 0 Å². The van der Waals surface area contributed by atoms with E-state index in [9.17, 15) is 9.90 Å². The third-order valence-corrected chi connectivity index (χ3v) is 6.06. The van der Waals surface area contributed by atoms with Gasteiger partial charge in [-0.2, -0.15) is 10.2 Å². The Morgan fingerprint density at radius 3 is 2.69 bits per heavy atom. The molecule has 0 bridgehead atoms.